The van der Waals surface area contributed by atoms with Crippen LogP contribution in [0.1, 0.15) is 34.7 Å². The van der Waals surface area contributed by atoms with Crippen LogP contribution >= 0.6 is 11.6 Å². The van der Waals surface area contributed by atoms with E-state index in [9.17, 15) is 4.79 Å². The molecule has 120 valence electrons. The van der Waals surface area contributed by atoms with E-state index >= 15 is 0 Å². The van der Waals surface area contributed by atoms with E-state index in [0.717, 1.165) is 30.7 Å². The Labute approximate surface area is 140 Å². The number of carbonyl (C=O) groups is 1. The number of hydrogen-bond donors (Lipinski definition) is 0. The van der Waals surface area contributed by atoms with E-state index in [2.05, 4.69) is 16.3 Å². The molecule has 1 aromatic heterocycles. The molecule has 1 unspecified atom stereocenters. The van der Waals surface area contributed by atoms with Crippen molar-refractivity contribution >= 4 is 17.5 Å². The molecule has 1 aromatic carbocycles. The summed E-state index contributed by atoms with van der Waals surface area (Å²) in [6.07, 6.45) is 3.46. The van der Waals surface area contributed by atoms with Gasteiger partial charge in [0.2, 0.25) is 0 Å². The highest BCUT2D eigenvalue weighted by Crippen LogP contribution is 2.33. The fourth-order valence-electron chi connectivity index (χ4n) is 3.06. The van der Waals surface area contributed by atoms with Crippen LogP contribution in [0.2, 0.25) is 5.15 Å². The van der Waals surface area contributed by atoms with Crippen LogP contribution in [-0.2, 0) is 0 Å². The number of methoxy groups -OCH3 is 1. The molecular weight excluding hydrogens is 314 g/mol. The summed E-state index contributed by atoms with van der Waals surface area (Å²) in [5.74, 6) is 1.09. The normalized spacial score (nSPS) is 17.8. The Morgan fingerprint density at radius 3 is 3.00 bits per heavy atom. The third kappa shape index (κ3) is 3.45. The molecule has 3 rings (SSSR count). The number of hydrogen-bond acceptors (Lipinski definition) is 4. The average Bonchev–Trinajstić information content (AvgIpc) is 2.61. The van der Waals surface area contributed by atoms with E-state index in [1.165, 1.54) is 6.20 Å². The molecule has 6 heteroatoms. The van der Waals surface area contributed by atoms with Gasteiger partial charge in [-0.05, 0) is 30.5 Å². The highest BCUT2D eigenvalue weighted by molar-refractivity contribution is 6.29. The van der Waals surface area contributed by atoms with Crippen LogP contribution in [0.15, 0.2) is 36.5 Å². The van der Waals surface area contributed by atoms with Crippen molar-refractivity contribution in [1.29, 1.82) is 0 Å². The van der Waals surface area contributed by atoms with Crippen molar-refractivity contribution in [3.05, 3.63) is 52.8 Å². The van der Waals surface area contributed by atoms with E-state index in [-0.39, 0.29) is 17.0 Å². The van der Waals surface area contributed by atoms with Gasteiger partial charge in [0.1, 0.15) is 5.75 Å². The maximum Gasteiger partial charge on any atom is 0.255 e. The number of rotatable bonds is 3. The Morgan fingerprint density at radius 2 is 2.22 bits per heavy atom. The van der Waals surface area contributed by atoms with Gasteiger partial charge in [0.25, 0.3) is 5.91 Å². The van der Waals surface area contributed by atoms with Crippen molar-refractivity contribution in [2.24, 2.45) is 0 Å². The number of aromatic nitrogens is 2. The highest BCUT2D eigenvalue weighted by atomic mass is 35.5. The molecule has 1 fully saturated rings. The van der Waals surface area contributed by atoms with E-state index in [0.29, 0.717) is 12.1 Å². The van der Waals surface area contributed by atoms with Crippen molar-refractivity contribution in [3.8, 4) is 5.75 Å². The van der Waals surface area contributed by atoms with E-state index in [4.69, 9.17) is 16.3 Å². The van der Waals surface area contributed by atoms with E-state index in [1.807, 2.05) is 23.1 Å². The van der Waals surface area contributed by atoms with Crippen LogP contribution in [0, 0.1) is 0 Å². The topological polar surface area (TPSA) is 55.3 Å². The largest absolute Gasteiger partial charge is 0.496 e. The molecule has 1 amide bonds. The number of piperidine rings is 1. The number of halogens is 1. The zero-order chi connectivity index (χ0) is 16.2. The zero-order valence-electron chi connectivity index (χ0n) is 12.9. The van der Waals surface area contributed by atoms with Crippen LogP contribution in [-0.4, -0.2) is 41.2 Å². The van der Waals surface area contributed by atoms with Gasteiger partial charge >= 0.3 is 0 Å². The molecule has 1 saturated heterocycles. The fraction of sp³-hybridized carbons (Fsp3) is 0.353. The number of ether oxygens (including phenoxy) is 1. The lowest BCUT2D eigenvalue weighted by Gasteiger charge is -2.33. The molecule has 1 atom stereocenters. The summed E-state index contributed by atoms with van der Waals surface area (Å²) in [7, 11) is 1.68. The predicted molar refractivity (Wildman–Crippen MR) is 87.9 cm³/mol. The summed E-state index contributed by atoms with van der Waals surface area (Å²) in [5.41, 5.74) is 1.63. The van der Waals surface area contributed by atoms with Crippen molar-refractivity contribution in [2.45, 2.75) is 18.8 Å². The van der Waals surface area contributed by atoms with Gasteiger partial charge in [-0.2, -0.15) is 5.10 Å². The van der Waals surface area contributed by atoms with Crippen LogP contribution in [0.25, 0.3) is 0 Å². The van der Waals surface area contributed by atoms with Crippen molar-refractivity contribution < 1.29 is 9.53 Å². The number of benzene rings is 1. The number of carbonyl (C=O) groups excluding carboxylic acids is 1. The summed E-state index contributed by atoms with van der Waals surface area (Å²) in [6, 6.07) is 9.55. The SMILES string of the molecule is COc1ccccc1C1CCCN(C(=O)c2cnnc(Cl)c2)C1. The van der Waals surface area contributed by atoms with E-state index in [1.54, 1.807) is 13.2 Å². The lowest BCUT2D eigenvalue weighted by molar-refractivity contribution is 0.0705. The van der Waals surface area contributed by atoms with Gasteiger partial charge in [0.15, 0.2) is 5.15 Å². The lowest BCUT2D eigenvalue weighted by Crippen LogP contribution is -2.39. The average molecular weight is 332 g/mol. The molecule has 0 saturated carbocycles. The third-order valence-electron chi connectivity index (χ3n) is 4.16. The minimum absolute atomic E-state index is 0.0543. The maximum absolute atomic E-state index is 12.7. The molecule has 0 aliphatic carbocycles. The molecule has 2 aromatic rings. The van der Waals surface area contributed by atoms with Gasteiger partial charge in [-0.1, -0.05) is 29.8 Å². The Morgan fingerprint density at radius 1 is 1.39 bits per heavy atom. The standard InChI is InChI=1S/C17H18ClN3O2/c1-23-15-7-3-2-6-14(15)12-5-4-8-21(11-12)17(22)13-9-16(18)20-19-10-13/h2-3,6-7,9-10,12H,4-5,8,11H2,1H3. The first-order valence-electron chi connectivity index (χ1n) is 7.59. The summed E-state index contributed by atoms with van der Waals surface area (Å²) in [4.78, 5) is 14.5. The van der Waals surface area contributed by atoms with Crippen LogP contribution in [0.4, 0.5) is 0 Å². The molecule has 0 radical (unpaired) electrons. The first-order valence-corrected chi connectivity index (χ1v) is 7.97. The smallest absolute Gasteiger partial charge is 0.255 e. The van der Waals surface area contributed by atoms with Gasteiger partial charge in [0, 0.05) is 19.0 Å². The van der Waals surface area contributed by atoms with Gasteiger partial charge in [-0.15, -0.1) is 5.10 Å². The molecule has 23 heavy (non-hydrogen) atoms. The first kappa shape index (κ1) is 15.7. The summed E-state index contributed by atoms with van der Waals surface area (Å²) in [6.45, 7) is 1.41. The quantitative estimate of drug-likeness (QED) is 0.867. The second-order valence-electron chi connectivity index (χ2n) is 5.60. The highest BCUT2D eigenvalue weighted by Gasteiger charge is 2.27. The number of nitrogens with zero attached hydrogens (tertiary/aromatic N) is 3. The van der Waals surface area contributed by atoms with Crippen molar-refractivity contribution in [3.63, 3.8) is 0 Å². The Balaban J connectivity index is 1.79. The fourth-order valence-corrected chi connectivity index (χ4v) is 3.22. The molecule has 1 aliphatic heterocycles. The molecule has 0 N–H and O–H groups in total. The molecule has 0 spiro atoms. The number of amides is 1. The summed E-state index contributed by atoms with van der Waals surface area (Å²) >= 11 is 5.83. The molecular formula is C17H18ClN3O2. The lowest BCUT2D eigenvalue weighted by atomic mass is 9.89. The van der Waals surface area contributed by atoms with E-state index < -0.39 is 0 Å². The van der Waals surface area contributed by atoms with Crippen LogP contribution in [0.3, 0.4) is 0 Å². The van der Waals surface area contributed by atoms with Crippen molar-refractivity contribution in [1.82, 2.24) is 15.1 Å². The monoisotopic (exact) mass is 331 g/mol. The number of likely N-dealkylation sites (tertiary alicyclic amines) is 1. The third-order valence-corrected chi connectivity index (χ3v) is 4.34. The molecule has 2 heterocycles. The molecule has 5 nitrogen and oxygen atoms in total. The maximum atomic E-state index is 12.7. The Bertz CT molecular complexity index is 708. The first-order chi connectivity index (χ1) is 11.2. The summed E-state index contributed by atoms with van der Waals surface area (Å²) in [5, 5.41) is 7.67. The predicted octanol–water partition coefficient (Wildman–Crippen LogP) is 3.16. The second-order valence-corrected chi connectivity index (χ2v) is 5.99. The van der Waals surface area contributed by atoms with Gasteiger partial charge < -0.3 is 9.64 Å². The van der Waals surface area contributed by atoms with Crippen LogP contribution in [0.5, 0.6) is 5.75 Å². The van der Waals surface area contributed by atoms with Crippen molar-refractivity contribution in [2.75, 3.05) is 20.2 Å². The molecule has 0 bridgehead atoms. The number of para-hydroxylation sites is 1. The van der Waals surface area contributed by atoms with Crippen LogP contribution < -0.4 is 4.74 Å². The minimum atomic E-state index is -0.0543. The summed E-state index contributed by atoms with van der Waals surface area (Å²) < 4.78 is 5.46. The van der Waals surface area contributed by atoms with Gasteiger partial charge in [-0.3, -0.25) is 4.79 Å². The zero-order valence-corrected chi connectivity index (χ0v) is 13.7. The van der Waals surface area contributed by atoms with Gasteiger partial charge in [0.05, 0.1) is 18.9 Å². The Kier molecular flexibility index (Phi) is 4.76. The minimum Gasteiger partial charge on any atom is -0.496 e. The second kappa shape index (κ2) is 6.96. The Hall–Kier alpha value is -2.14. The molecule has 1 aliphatic rings. The van der Waals surface area contributed by atoms with Gasteiger partial charge in [-0.25, -0.2) is 0 Å².